The molecule has 0 aliphatic carbocycles. The molecule has 0 radical (unpaired) electrons. The number of nitrogens with one attached hydrogen (secondary N) is 1. The Morgan fingerprint density at radius 3 is 2.78 bits per heavy atom. The van der Waals surface area contributed by atoms with Gasteiger partial charge >= 0.3 is 0 Å². The van der Waals surface area contributed by atoms with E-state index in [1.165, 1.54) is 5.56 Å². The average molecular weight is 266 g/mol. The fourth-order valence-electron chi connectivity index (χ4n) is 1.86. The van der Waals surface area contributed by atoms with E-state index in [0.29, 0.717) is 19.0 Å². The summed E-state index contributed by atoms with van der Waals surface area (Å²) in [6, 6.07) is 8.53. The Balaban J connectivity index is 2.82. The van der Waals surface area contributed by atoms with Crippen LogP contribution in [0.1, 0.15) is 31.9 Å². The first-order valence-corrected chi connectivity index (χ1v) is 6.58. The maximum atomic E-state index is 8.59. The van der Waals surface area contributed by atoms with E-state index in [0.717, 1.165) is 17.3 Å². The first-order chi connectivity index (χ1) is 8.60. The molecule has 0 aromatic heterocycles. The van der Waals surface area contributed by atoms with Gasteiger partial charge in [-0.15, -0.1) is 0 Å². The quantitative estimate of drug-likeness (QED) is 0.857. The molecule has 1 aromatic carbocycles. The second-order valence-electron chi connectivity index (χ2n) is 4.32. The van der Waals surface area contributed by atoms with Gasteiger partial charge in [-0.3, -0.25) is 0 Å². The molecule has 98 valence electrons. The lowest BCUT2D eigenvalue weighted by molar-refractivity contribution is 0.598. The largest absolute Gasteiger partial charge is 0.372 e. The van der Waals surface area contributed by atoms with Crippen LogP contribution in [0.25, 0.3) is 0 Å². The zero-order valence-corrected chi connectivity index (χ0v) is 12.0. The van der Waals surface area contributed by atoms with E-state index in [9.17, 15) is 0 Å². The zero-order valence-electron chi connectivity index (χ0n) is 11.2. The van der Waals surface area contributed by atoms with Crippen LogP contribution < -0.4 is 10.2 Å². The number of benzene rings is 1. The number of rotatable bonds is 6. The minimum Gasteiger partial charge on any atom is -0.372 e. The van der Waals surface area contributed by atoms with E-state index >= 15 is 0 Å². The first kappa shape index (κ1) is 14.8. The van der Waals surface area contributed by atoms with E-state index < -0.39 is 0 Å². The molecule has 0 bridgehead atoms. The van der Waals surface area contributed by atoms with E-state index in [1.807, 2.05) is 24.1 Å². The highest BCUT2D eigenvalue weighted by Gasteiger charge is 2.09. The first-order valence-electron chi connectivity index (χ1n) is 6.21. The third-order valence-corrected chi connectivity index (χ3v) is 3.26. The second kappa shape index (κ2) is 7.25. The van der Waals surface area contributed by atoms with Gasteiger partial charge < -0.3 is 10.2 Å². The van der Waals surface area contributed by atoms with Crippen LogP contribution in [0, 0.1) is 11.3 Å². The van der Waals surface area contributed by atoms with E-state index in [2.05, 4.69) is 31.3 Å². The molecule has 3 nitrogen and oxygen atoms in total. The van der Waals surface area contributed by atoms with Crippen LogP contribution in [-0.4, -0.2) is 20.1 Å². The van der Waals surface area contributed by atoms with Crippen LogP contribution in [0.5, 0.6) is 0 Å². The Morgan fingerprint density at radius 2 is 2.22 bits per heavy atom. The molecule has 0 saturated heterocycles. The van der Waals surface area contributed by atoms with Crippen LogP contribution in [0.4, 0.5) is 5.69 Å². The lowest BCUT2D eigenvalue weighted by Gasteiger charge is -2.21. The fourth-order valence-corrected chi connectivity index (χ4v) is 2.20. The summed E-state index contributed by atoms with van der Waals surface area (Å²) in [7, 11) is 1.95. The Bertz CT molecular complexity index is 426. The molecular formula is C14H20ClN3. The van der Waals surface area contributed by atoms with Gasteiger partial charge in [-0.1, -0.05) is 24.6 Å². The molecule has 4 heteroatoms. The summed E-state index contributed by atoms with van der Waals surface area (Å²) in [6.07, 6.45) is 0.502. The monoisotopic (exact) mass is 265 g/mol. The zero-order chi connectivity index (χ0) is 13.5. The molecule has 0 amide bonds. The molecule has 0 aliphatic heterocycles. The molecule has 18 heavy (non-hydrogen) atoms. The predicted molar refractivity (Wildman–Crippen MR) is 77.0 cm³/mol. The maximum Gasteiger partial charge on any atom is 0.0642 e. The molecular weight excluding hydrogens is 246 g/mol. The smallest absolute Gasteiger partial charge is 0.0642 e. The average Bonchev–Trinajstić information content (AvgIpc) is 2.36. The van der Waals surface area contributed by atoms with Crippen molar-refractivity contribution in [2.45, 2.75) is 26.3 Å². The third-order valence-electron chi connectivity index (χ3n) is 2.95. The number of anilines is 1. The van der Waals surface area contributed by atoms with Crippen LogP contribution in [0.2, 0.25) is 5.02 Å². The van der Waals surface area contributed by atoms with Gasteiger partial charge in [0.25, 0.3) is 0 Å². The molecule has 1 atom stereocenters. The Hall–Kier alpha value is -1.24. The minimum absolute atomic E-state index is 0.297. The van der Waals surface area contributed by atoms with Gasteiger partial charge in [-0.2, -0.15) is 5.26 Å². The van der Waals surface area contributed by atoms with E-state index in [1.54, 1.807) is 0 Å². The highest BCUT2D eigenvalue weighted by atomic mass is 35.5. The Labute approximate surface area is 114 Å². The summed E-state index contributed by atoms with van der Waals surface area (Å²) < 4.78 is 0. The summed E-state index contributed by atoms with van der Waals surface area (Å²) in [5.41, 5.74) is 2.15. The third kappa shape index (κ3) is 3.90. The molecule has 1 rings (SSSR count). The molecule has 1 N–H and O–H groups in total. The van der Waals surface area contributed by atoms with Crippen molar-refractivity contribution in [1.82, 2.24) is 5.32 Å². The molecule has 1 unspecified atom stereocenters. The van der Waals surface area contributed by atoms with Crippen molar-refractivity contribution < 1.29 is 0 Å². The Morgan fingerprint density at radius 1 is 1.50 bits per heavy atom. The molecule has 0 aliphatic rings. The second-order valence-corrected chi connectivity index (χ2v) is 4.73. The van der Waals surface area contributed by atoms with Crippen molar-refractivity contribution in [3.63, 3.8) is 0 Å². The van der Waals surface area contributed by atoms with E-state index in [4.69, 9.17) is 16.9 Å². The summed E-state index contributed by atoms with van der Waals surface area (Å²) in [5, 5.41) is 12.7. The van der Waals surface area contributed by atoms with Crippen molar-refractivity contribution in [3.05, 3.63) is 28.8 Å². The van der Waals surface area contributed by atoms with Crippen molar-refractivity contribution in [2.24, 2.45) is 0 Å². The van der Waals surface area contributed by atoms with Crippen LogP contribution in [-0.2, 0) is 0 Å². The van der Waals surface area contributed by atoms with Gasteiger partial charge in [0.1, 0.15) is 0 Å². The van der Waals surface area contributed by atoms with E-state index in [-0.39, 0.29) is 0 Å². The number of hydrogen-bond acceptors (Lipinski definition) is 3. The molecule has 0 spiro atoms. The van der Waals surface area contributed by atoms with Crippen LogP contribution >= 0.6 is 11.6 Å². The number of nitrogens with zero attached hydrogens (tertiary/aromatic N) is 2. The van der Waals surface area contributed by atoms with Gasteiger partial charge in [0.15, 0.2) is 0 Å². The SMILES string of the molecule is CCNC(C)c1ccc(N(C)CCC#N)c(Cl)c1. The van der Waals surface area contributed by atoms with Gasteiger partial charge in [-0.25, -0.2) is 0 Å². The lowest BCUT2D eigenvalue weighted by atomic mass is 10.1. The summed E-state index contributed by atoms with van der Waals surface area (Å²) in [6.45, 7) is 5.83. The number of nitriles is 1. The summed E-state index contributed by atoms with van der Waals surface area (Å²) in [4.78, 5) is 2.01. The minimum atomic E-state index is 0.297. The topological polar surface area (TPSA) is 39.1 Å². The van der Waals surface area contributed by atoms with Gasteiger partial charge in [-0.05, 0) is 31.2 Å². The maximum absolute atomic E-state index is 8.59. The van der Waals surface area contributed by atoms with Crippen LogP contribution in [0.3, 0.4) is 0 Å². The Kier molecular flexibility index (Phi) is 5.97. The number of hydrogen-bond donors (Lipinski definition) is 1. The van der Waals surface area contributed by atoms with Gasteiger partial charge in [0.05, 0.1) is 23.2 Å². The summed E-state index contributed by atoms with van der Waals surface area (Å²) in [5.74, 6) is 0. The van der Waals surface area contributed by atoms with Crippen LogP contribution in [0.15, 0.2) is 18.2 Å². The molecule has 1 aromatic rings. The summed E-state index contributed by atoms with van der Waals surface area (Å²) >= 11 is 6.30. The van der Waals surface area contributed by atoms with Crippen molar-refractivity contribution in [2.75, 3.05) is 25.0 Å². The van der Waals surface area contributed by atoms with Gasteiger partial charge in [0.2, 0.25) is 0 Å². The van der Waals surface area contributed by atoms with Crippen molar-refractivity contribution in [3.8, 4) is 6.07 Å². The molecule has 0 saturated carbocycles. The highest BCUT2D eigenvalue weighted by Crippen LogP contribution is 2.28. The predicted octanol–water partition coefficient (Wildman–Crippen LogP) is 3.36. The van der Waals surface area contributed by atoms with Gasteiger partial charge in [0, 0.05) is 19.6 Å². The highest BCUT2D eigenvalue weighted by molar-refractivity contribution is 6.33. The normalized spacial score (nSPS) is 11.9. The molecule has 0 fully saturated rings. The number of halogens is 1. The van der Waals surface area contributed by atoms with Crippen molar-refractivity contribution in [1.29, 1.82) is 5.26 Å². The lowest BCUT2D eigenvalue weighted by Crippen LogP contribution is -2.20. The fraction of sp³-hybridized carbons (Fsp3) is 0.500. The standard InChI is InChI=1S/C14H20ClN3/c1-4-17-11(2)12-6-7-14(13(15)10-12)18(3)9-5-8-16/h6-7,10-11,17H,4-5,9H2,1-3H3. The molecule has 0 heterocycles. The van der Waals surface area contributed by atoms with Crippen molar-refractivity contribution >= 4 is 17.3 Å².